The van der Waals surface area contributed by atoms with Crippen molar-refractivity contribution in [3.05, 3.63) is 64.7 Å². The summed E-state index contributed by atoms with van der Waals surface area (Å²) in [5, 5.41) is 11.4. The van der Waals surface area contributed by atoms with E-state index >= 15 is 0 Å². The largest absolute Gasteiger partial charge is 0.321 e. The van der Waals surface area contributed by atoms with E-state index in [1.807, 2.05) is 6.07 Å². The van der Waals surface area contributed by atoms with Crippen molar-refractivity contribution in [3.63, 3.8) is 0 Å². The molecule has 1 aliphatic rings. The number of nitriles is 1. The predicted molar refractivity (Wildman–Crippen MR) is 82.0 cm³/mol. The molecule has 0 atom stereocenters. The first-order valence-corrected chi connectivity index (χ1v) is 6.80. The molecule has 0 aromatic heterocycles. The van der Waals surface area contributed by atoms with E-state index in [1.165, 1.54) is 31.3 Å². The summed E-state index contributed by atoms with van der Waals surface area (Å²) in [6.45, 7) is 0. The molecule has 23 heavy (non-hydrogen) atoms. The van der Waals surface area contributed by atoms with E-state index in [0.29, 0.717) is 16.8 Å². The maximum absolute atomic E-state index is 12.3. The lowest BCUT2D eigenvalue weighted by Crippen LogP contribution is -2.24. The Morgan fingerprint density at radius 2 is 1.78 bits per heavy atom. The number of fused-ring (bicyclic) bond motifs is 1. The minimum absolute atomic E-state index is 0.196. The van der Waals surface area contributed by atoms with Crippen molar-refractivity contribution in [1.82, 2.24) is 4.90 Å². The molecule has 0 fully saturated rings. The smallest absolute Gasteiger partial charge is 0.263 e. The molecule has 0 spiro atoms. The van der Waals surface area contributed by atoms with E-state index in [9.17, 15) is 14.4 Å². The quantitative estimate of drug-likeness (QED) is 0.860. The molecule has 0 saturated carbocycles. The van der Waals surface area contributed by atoms with Crippen LogP contribution < -0.4 is 5.32 Å². The lowest BCUT2D eigenvalue weighted by atomic mass is 10.1. The fourth-order valence-electron chi connectivity index (χ4n) is 2.40. The number of hydrogen-bond acceptors (Lipinski definition) is 4. The van der Waals surface area contributed by atoms with Gasteiger partial charge in [-0.2, -0.15) is 5.26 Å². The molecule has 6 heteroatoms. The Bertz CT molecular complexity index is 879. The molecule has 0 aliphatic carbocycles. The van der Waals surface area contributed by atoms with Gasteiger partial charge in [-0.3, -0.25) is 19.3 Å². The summed E-state index contributed by atoms with van der Waals surface area (Å²) in [5.74, 6) is -1.25. The van der Waals surface area contributed by atoms with Crippen molar-refractivity contribution in [2.24, 2.45) is 0 Å². The van der Waals surface area contributed by atoms with Gasteiger partial charge in [0, 0.05) is 12.6 Å². The van der Waals surface area contributed by atoms with Gasteiger partial charge >= 0.3 is 0 Å². The van der Waals surface area contributed by atoms with E-state index in [-0.39, 0.29) is 17.0 Å². The summed E-state index contributed by atoms with van der Waals surface area (Å²) in [6, 6.07) is 12.8. The van der Waals surface area contributed by atoms with Crippen LogP contribution in [-0.4, -0.2) is 29.7 Å². The van der Waals surface area contributed by atoms with Crippen LogP contribution in [0.1, 0.15) is 36.6 Å². The molecule has 2 aromatic rings. The maximum atomic E-state index is 12.3. The molecule has 2 aromatic carbocycles. The van der Waals surface area contributed by atoms with E-state index in [2.05, 4.69) is 5.32 Å². The Balaban J connectivity index is 1.93. The molecule has 0 bridgehead atoms. The van der Waals surface area contributed by atoms with Crippen molar-refractivity contribution in [1.29, 1.82) is 5.26 Å². The van der Waals surface area contributed by atoms with Crippen LogP contribution in [0.15, 0.2) is 42.5 Å². The fourth-order valence-corrected chi connectivity index (χ4v) is 2.40. The van der Waals surface area contributed by atoms with Crippen LogP contribution in [0.4, 0.5) is 5.69 Å². The second-order valence-corrected chi connectivity index (χ2v) is 5.04. The highest BCUT2D eigenvalue weighted by Gasteiger charge is 2.35. The second kappa shape index (κ2) is 5.39. The van der Waals surface area contributed by atoms with Crippen LogP contribution >= 0.6 is 0 Å². The van der Waals surface area contributed by atoms with Gasteiger partial charge in [0.15, 0.2) is 0 Å². The number of carbonyl (C=O) groups excluding carboxylic acids is 3. The van der Waals surface area contributed by atoms with Crippen LogP contribution in [0.5, 0.6) is 0 Å². The van der Waals surface area contributed by atoms with Gasteiger partial charge in [0.05, 0.1) is 28.4 Å². The van der Waals surface area contributed by atoms with Gasteiger partial charge in [0.1, 0.15) is 0 Å². The molecule has 6 nitrogen and oxygen atoms in total. The summed E-state index contributed by atoms with van der Waals surface area (Å²) in [4.78, 5) is 37.4. The zero-order chi connectivity index (χ0) is 16.6. The molecule has 3 amide bonds. The first kappa shape index (κ1) is 14.5. The third-order valence-corrected chi connectivity index (χ3v) is 3.64. The van der Waals surface area contributed by atoms with E-state index < -0.39 is 11.8 Å². The number of anilines is 1. The normalized spacial score (nSPS) is 12.8. The average molecular weight is 305 g/mol. The van der Waals surface area contributed by atoms with E-state index in [1.54, 1.807) is 18.2 Å². The molecule has 0 saturated heterocycles. The molecule has 1 aliphatic heterocycles. The van der Waals surface area contributed by atoms with E-state index in [0.717, 1.165) is 4.90 Å². The molecular formula is C17H11N3O3. The number of rotatable bonds is 2. The maximum Gasteiger partial charge on any atom is 0.263 e. The van der Waals surface area contributed by atoms with Gasteiger partial charge < -0.3 is 5.32 Å². The molecule has 1 N–H and O–H groups in total. The number of nitrogens with zero attached hydrogens (tertiary/aromatic N) is 2. The summed E-state index contributed by atoms with van der Waals surface area (Å²) in [7, 11) is 1.40. The molecule has 0 radical (unpaired) electrons. The molecule has 3 rings (SSSR count). The Labute approximate surface area is 131 Å². The SMILES string of the molecule is CN1C(=O)c2cccc(NC(=O)c3ccc(C#N)cc3)c2C1=O. The third-order valence-electron chi connectivity index (χ3n) is 3.64. The molecular weight excluding hydrogens is 294 g/mol. The summed E-state index contributed by atoms with van der Waals surface area (Å²) < 4.78 is 0. The topological polar surface area (TPSA) is 90.3 Å². The Hall–Kier alpha value is -3.46. The van der Waals surface area contributed by atoms with Gasteiger partial charge in [0.2, 0.25) is 0 Å². The van der Waals surface area contributed by atoms with Crippen molar-refractivity contribution >= 4 is 23.4 Å². The summed E-state index contributed by atoms with van der Waals surface area (Å²) in [6.07, 6.45) is 0. The van der Waals surface area contributed by atoms with Gasteiger partial charge in [-0.25, -0.2) is 0 Å². The number of carbonyl (C=O) groups is 3. The van der Waals surface area contributed by atoms with Crippen LogP contribution in [0.3, 0.4) is 0 Å². The number of nitrogens with one attached hydrogen (secondary N) is 1. The Morgan fingerprint density at radius 3 is 2.43 bits per heavy atom. The Morgan fingerprint density at radius 1 is 1.09 bits per heavy atom. The van der Waals surface area contributed by atoms with Gasteiger partial charge in [-0.1, -0.05) is 6.07 Å². The fraction of sp³-hybridized carbons (Fsp3) is 0.0588. The summed E-state index contributed by atoms with van der Waals surface area (Å²) >= 11 is 0. The average Bonchev–Trinajstić information content (AvgIpc) is 2.80. The number of benzene rings is 2. The second-order valence-electron chi connectivity index (χ2n) is 5.04. The molecule has 0 unspecified atom stereocenters. The number of hydrogen-bond donors (Lipinski definition) is 1. The number of imide groups is 1. The third kappa shape index (κ3) is 2.34. The van der Waals surface area contributed by atoms with E-state index in [4.69, 9.17) is 5.26 Å². The van der Waals surface area contributed by atoms with Gasteiger partial charge in [0.25, 0.3) is 17.7 Å². The highest BCUT2D eigenvalue weighted by atomic mass is 16.2. The van der Waals surface area contributed by atoms with Crippen molar-refractivity contribution < 1.29 is 14.4 Å². The molecule has 1 heterocycles. The zero-order valence-corrected chi connectivity index (χ0v) is 12.2. The van der Waals surface area contributed by atoms with Crippen molar-refractivity contribution in [3.8, 4) is 6.07 Å². The lowest BCUT2D eigenvalue weighted by Gasteiger charge is -2.09. The number of amides is 3. The van der Waals surface area contributed by atoms with Gasteiger partial charge in [-0.15, -0.1) is 0 Å². The Kier molecular flexibility index (Phi) is 3.39. The first-order valence-electron chi connectivity index (χ1n) is 6.80. The van der Waals surface area contributed by atoms with Crippen molar-refractivity contribution in [2.45, 2.75) is 0 Å². The van der Waals surface area contributed by atoms with Gasteiger partial charge in [-0.05, 0) is 36.4 Å². The van der Waals surface area contributed by atoms with Crippen LogP contribution in [0, 0.1) is 11.3 Å². The first-order chi connectivity index (χ1) is 11.0. The monoisotopic (exact) mass is 305 g/mol. The minimum atomic E-state index is -0.444. The van der Waals surface area contributed by atoms with Crippen LogP contribution in [-0.2, 0) is 0 Å². The minimum Gasteiger partial charge on any atom is -0.321 e. The predicted octanol–water partition coefficient (Wildman–Crippen LogP) is 2.04. The highest BCUT2D eigenvalue weighted by Crippen LogP contribution is 2.28. The van der Waals surface area contributed by atoms with Crippen molar-refractivity contribution in [2.75, 3.05) is 12.4 Å². The highest BCUT2D eigenvalue weighted by molar-refractivity contribution is 6.24. The standard InChI is InChI=1S/C17H11N3O3/c1-20-16(22)12-3-2-4-13(14(12)17(20)23)19-15(21)11-7-5-10(9-18)6-8-11/h2-8H,1H3,(H,19,21). The van der Waals surface area contributed by atoms with Crippen LogP contribution in [0.2, 0.25) is 0 Å². The lowest BCUT2D eigenvalue weighted by molar-refractivity contribution is 0.0693. The zero-order valence-electron chi connectivity index (χ0n) is 12.2. The van der Waals surface area contributed by atoms with Crippen LogP contribution in [0.25, 0.3) is 0 Å². The summed E-state index contributed by atoms with van der Waals surface area (Å²) in [5.41, 5.74) is 1.56. The molecule has 112 valence electrons.